The number of nitrogens with zero attached hydrogens (tertiary/aromatic N) is 1. The maximum Gasteiger partial charge on any atom is 0.241 e. The second-order valence-corrected chi connectivity index (χ2v) is 8.85. The molecule has 0 fully saturated rings. The lowest BCUT2D eigenvalue weighted by atomic mass is 10.00. The highest BCUT2D eigenvalue weighted by Crippen LogP contribution is 2.21. The van der Waals surface area contributed by atoms with Gasteiger partial charge in [-0.2, -0.15) is 0 Å². The van der Waals surface area contributed by atoms with Crippen molar-refractivity contribution in [3.8, 4) is 0 Å². The van der Waals surface area contributed by atoms with E-state index in [4.69, 9.17) is 0 Å². The van der Waals surface area contributed by atoms with Crippen LogP contribution in [0.15, 0.2) is 42.5 Å². The summed E-state index contributed by atoms with van der Waals surface area (Å²) in [4.78, 5) is 12.6. The standard InChI is InChI=1S/C21H28N2O3S/c1-6-18-9-11-19(12-10-18)23(27(5,25)26)14-21(24)22-17(4)20-13-15(2)7-8-16(20)3/h7-13,17H,6,14H2,1-5H3,(H,22,24)/t17-/m1/s1. The van der Waals surface area contributed by atoms with Crippen molar-refractivity contribution in [3.05, 3.63) is 64.7 Å². The molecule has 0 spiro atoms. The van der Waals surface area contributed by atoms with Gasteiger partial charge in [-0.3, -0.25) is 9.10 Å². The average Bonchev–Trinajstić information content (AvgIpc) is 2.61. The van der Waals surface area contributed by atoms with Crippen molar-refractivity contribution in [2.45, 2.75) is 40.2 Å². The number of carbonyl (C=O) groups excluding carboxylic acids is 1. The first-order valence-corrected chi connectivity index (χ1v) is 10.9. The molecule has 0 aliphatic rings. The molecular weight excluding hydrogens is 360 g/mol. The van der Waals surface area contributed by atoms with Gasteiger partial charge in [-0.25, -0.2) is 8.42 Å². The van der Waals surface area contributed by atoms with E-state index >= 15 is 0 Å². The summed E-state index contributed by atoms with van der Waals surface area (Å²) < 4.78 is 25.6. The van der Waals surface area contributed by atoms with E-state index in [9.17, 15) is 13.2 Å². The number of hydrogen-bond donors (Lipinski definition) is 1. The molecule has 27 heavy (non-hydrogen) atoms. The minimum absolute atomic E-state index is 0.207. The molecule has 0 saturated heterocycles. The largest absolute Gasteiger partial charge is 0.348 e. The van der Waals surface area contributed by atoms with Crippen molar-refractivity contribution in [2.75, 3.05) is 17.1 Å². The van der Waals surface area contributed by atoms with Crippen molar-refractivity contribution in [1.29, 1.82) is 0 Å². The zero-order valence-corrected chi connectivity index (χ0v) is 17.4. The van der Waals surface area contributed by atoms with E-state index in [-0.39, 0.29) is 18.5 Å². The Kier molecular flexibility index (Phi) is 6.65. The van der Waals surface area contributed by atoms with Crippen molar-refractivity contribution in [1.82, 2.24) is 5.32 Å². The Hall–Kier alpha value is -2.34. The SMILES string of the molecule is CCc1ccc(N(CC(=O)N[C@H](C)c2cc(C)ccc2C)S(C)(=O)=O)cc1. The Morgan fingerprint density at radius 3 is 2.30 bits per heavy atom. The Morgan fingerprint density at radius 1 is 1.11 bits per heavy atom. The molecule has 5 nitrogen and oxygen atoms in total. The molecule has 1 N–H and O–H groups in total. The van der Waals surface area contributed by atoms with Gasteiger partial charge >= 0.3 is 0 Å². The quantitative estimate of drug-likeness (QED) is 0.789. The molecule has 0 heterocycles. The van der Waals surface area contributed by atoms with Crippen LogP contribution in [-0.4, -0.2) is 27.1 Å². The molecule has 0 unspecified atom stereocenters. The first-order chi connectivity index (χ1) is 12.6. The molecule has 0 aliphatic carbocycles. The average molecular weight is 389 g/mol. The predicted octanol–water partition coefficient (Wildman–Crippen LogP) is 3.51. The maximum atomic E-state index is 12.6. The summed E-state index contributed by atoms with van der Waals surface area (Å²) in [7, 11) is -3.58. The van der Waals surface area contributed by atoms with Crippen LogP contribution in [0.1, 0.15) is 42.1 Å². The van der Waals surface area contributed by atoms with Crippen LogP contribution in [0.25, 0.3) is 0 Å². The van der Waals surface area contributed by atoms with E-state index in [1.54, 1.807) is 12.1 Å². The summed E-state index contributed by atoms with van der Waals surface area (Å²) in [5.74, 6) is -0.339. The third kappa shape index (κ3) is 5.57. The number of anilines is 1. The van der Waals surface area contributed by atoms with E-state index < -0.39 is 10.0 Å². The van der Waals surface area contributed by atoms with Gasteiger partial charge in [-0.1, -0.05) is 42.8 Å². The van der Waals surface area contributed by atoms with Gasteiger partial charge in [0.05, 0.1) is 18.0 Å². The van der Waals surface area contributed by atoms with E-state index in [0.29, 0.717) is 5.69 Å². The van der Waals surface area contributed by atoms with E-state index in [2.05, 4.69) is 5.32 Å². The Morgan fingerprint density at radius 2 is 1.74 bits per heavy atom. The highest BCUT2D eigenvalue weighted by molar-refractivity contribution is 7.92. The van der Waals surface area contributed by atoms with Crippen LogP contribution in [0, 0.1) is 13.8 Å². The first-order valence-electron chi connectivity index (χ1n) is 9.05. The lowest BCUT2D eigenvalue weighted by molar-refractivity contribution is -0.120. The molecular formula is C21H28N2O3S. The molecule has 0 radical (unpaired) electrons. The smallest absolute Gasteiger partial charge is 0.241 e. The number of sulfonamides is 1. The van der Waals surface area contributed by atoms with Gasteiger partial charge in [-0.15, -0.1) is 0 Å². The third-order valence-corrected chi connectivity index (χ3v) is 5.74. The van der Waals surface area contributed by atoms with Gasteiger partial charge in [0.15, 0.2) is 0 Å². The van der Waals surface area contributed by atoms with E-state index in [0.717, 1.165) is 39.2 Å². The highest BCUT2D eigenvalue weighted by atomic mass is 32.2. The second-order valence-electron chi connectivity index (χ2n) is 6.94. The number of hydrogen-bond acceptors (Lipinski definition) is 3. The van der Waals surface area contributed by atoms with Crippen molar-refractivity contribution in [3.63, 3.8) is 0 Å². The number of aryl methyl sites for hydroxylation is 3. The van der Waals surface area contributed by atoms with Crippen LogP contribution in [0.3, 0.4) is 0 Å². The minimum atomic E-state index is -3.58. The van der Waals surface area contributed by atoms with Gasteiger partial charge < -0.3 is 5.32 Å². The zero-order chi connectivity index (χ0) is 20.2. The number of nitrogens with one attached hydrogen (secondary N) is 1. The second kappa shape index (κ2) is 8.57. The predicted molar refractivity (Wildman–Crippen MR) is 110 cm³/mol. The summed E-state index contributed by atoms with van der Waals surface area (Å²) in [6.45, 7) is 7.68. The fourth-order valence-electron chi connectivity index (χ4n) is 3.02. The first kappa shape index (κ1) is 21.0. The number of amides is 1. The molecule has 2 aromatic carbocycles. The van der Waals surface area contributed by atoms with Crippen molar-refractivity contribution >= 4 is 21.6 Å². The fourth-order valence-corrected chi connectivity index (χ4v) is 3.88. The van der Waals surface area contributed by atoms with Gasteiger partial charge in [0.25, 0.3) is 0 Å². The zero-order valence-electron chi connectivity index (χ0n) is 16.6. The lowest BCUT2D eigenvalue weighted by Gasteiger charge is -2.24. The van der Waals surface area contributed by atoms with Crippen LogP contribution in [0.2, 0.25) is 0 Å². The molecule has 0 aromatic heterocycles. The highest BCUT2D eigenvalue weighted by Gasteiger charge is 2.22. The summed E-state index contributed by atoms with van der Waals surface area (Å²) in [5.41, 5.74) is 4.83. The summed E-state index contributed by atoms with van der Waals surface area (Å²) in [5, 5.41) is 2.91. The van der Waals surface area contributed by atoms with E-state index in [1.807, 2.05) is 58.0 Å². The molecule has 1 amide bonds. The van der Waals surface area contributed by atoms with Crippen LogP contribution in [0.5, 0.6) is 0 Å². The number of benzene rings is 2. The monoisotopic (exact) mass is 388 g/mol. The Balaban J connectivity index is 2.17. The number of carbonyl (C=O) groups is 1. The van der Waals surface area contributed by atoms with E-state index in [1.165, 1.54) is 0 Å². The van der Waals surface area contributed by atoms with Crippen molar-refractivity contribution < 1.29 is 13.2 Å². The van der Waals surface area contributed by atoms with Crippen molar-refractivity contribution in [2.24, 2.45) is 0 Å². The molecule has 2 rings (SSSR count). The maximum absolute atomic E-state index is 12.6. The molecule has 6 heteroatoms. The van der Waals surface area contributed by atoms with Crippen LogP contribution >= 0.6 is 0 Å². The van der Waals surface area contributed by atoms with Crippen LogP contribution in [-0.2, 0) is 21.2 Å². The number of rotatable bonds is 7. The van der Waals surface area contributed by atoms with Gasteiger partial charge in [0, 0.05) is 0 Å². The molecule has 0 aliphatic heterocycles. The normalized spacial score (nSPS) is 12.5. The van der Waals surface area contributed by atoms with Crippen LogP contribution in [0.4, 0.5) is 5.69 Å². The van der Waals surface area contributed by atoms with Gasteiger partial charge in [0.2, 0.25) is 15.9 Å². The fraction of sp³-hybridized carbons (Fsp3) is 0.381. The van der Waals surface area contributed by atoms with Gasteiger partial charge in [-0.05, 0) is 56.0 Å². The topological polar surface area (TPSA) is 66.5 Å². The molecule has 146 valence electrons. The minimum Gasteiger partial charge on any atom is -0.348 e. The molecule has 0 saturated carbocycles. The molecule has 2 aromatic rings. The summed E-state index contributed by atoms with van der Waals surface area (Å²) >= 11 is 0. The Labute approximate surface area is 162 Å². The Bertz CT molecular complexity index is 906. The molecule has 0 bridgehead atoms. The summed E-state index contributed by atoms with van der Waals surface area (Å²) in [6.07, 6.45) is 1.98. The molecule has 1 atom stereocenters. The van der Waals surface area contributed by atoms with Crippen LogP contribution < -0.4 is 9.62 Å². The lowest BCUT2D eigenvalue weighted by Crippen LogP contribution is -2.41. The van der Waals surface area contributed by atoms with Gasteiger partial charge in [0.1, 0.15) is 6.54 Å². The summed E-state index contributed by atoms with van der Waals surface area (Å²) in [6, 6.07) is 13.1. The third-order valence-electron chi connectivity index (χ3n) is 4.60.